The van der Waals surface area contributed by atoms with E-state index in [1.54, 1.807) is 26.8 Å². The summed E-state index contributed by atoms with van der Waals surface area (Å²) in [7, 11) is 0. The summed E-state index contributed by atoms with van der Waals surface area (Å²) in [6, 6.07) is 2.53. The van der Waals surface area contributed by atoms with E-state index in [4.69, 9.17) is 21.6 Å². The highest BCUT2D eigenvalue weighted by atomic mass is 35.5. The molecule has 25 heavy (non-hydrogen) atoms. The topological polar surface area (TPSA) is 87.0 Å². The fourth-order valence-corrected chi connectivity index (χ4v) is 2.30. The fraction of sp³-hybridized carbons (Fsp3) is 0.588. The zero-order valence-corrected chi connectivity index (χ0v) is 15.9. The molecule has 138 valence electrons. The lowest BCUT2D eigenvalue weighted by Crippen LogP contribution is -2.40. The molecule has 1 aromatic rings. The van der Waals surface area contributed by atoms with Crippen molar-refractivity contribution < 1.29 is 13.9 Å². The number of pyridine rings is 1. The van der Waals surface area contributed by atoms with Gasteiger partial charge in [-0.15, -0.1) is 0 Å². The number of rotatable bonds is 6. The number of carbonyl (C=O) groups is 1. The molecule has 1 atom stereocenters. The second-order valence-electron chi connectivity index (χ2n) is 7.12. The quantitative estimate of drug-likeness (QED) is 0.736. The Balaban J connectivity index is 2.82. The fourth-order valence-electron chi connectivity index (χ4n) is 2.12. The third-order valence-electron chi connectivity index (χ3n) is 3.04. The van der Waals surface area contributed by atoms with Gasteiger partial charge in [-0.25, -0.2) is 14.2 Å². The van der Waals surface area contributed by atoms with E-state index in [9.17, 15) is 9.18 Å². The van der Waals surface area contributed by atoms with Crippen molar-refractivity contribution in [1.29, 1.82) is 5.26 Å². The van der Waals surface area contributed by atoms with E-state index in [-0.39, 0.29) is 29.1 Å². The lowest BCUT2D eigenvalue weighted by Gasteiger charge is -2.24. The van der Waals surface area contributed by atoms with Gasteiger partial charge in [-0.05, 0) is 39.2 Å². The van der Waals surface area contributed by atoms with Crippen LogP contribution in [-0.4, -0.2) is 29.3 Å². The molecule has 0 unspecified atom stereocenters. The minimum atomic E-state index is -0.674. The monoisotopic (exact) mass is 370 g/mol. The molecule has 0 aliphatic rings. The van der Waals surface area contributed by atoms with E-state index >= 15 is 0 Å². The molecule has 0 saturated carbocycles. The number of hydrogen-bond acceptors (Lipinski definition) is 5. The Morgan fingerprint density at radius 2 is 2.12 bits per heavy atom. The van der Waals surface area contributed by atoms with Gasteiger partial charge < -0.3 is 15.4 Å². The van der Waals surface area contributed by atoms with Crippen molar-refractivity contribution in [2.45, 2.75) is 52.7 Å². The molecule has 1 amide bonds. The number of hydrogen-bond donors (Lipinski definition) is 2. The van der Waals surface area contributed by atoms with Crippen LogP contribution in [0, 0.1) is 23.1 Å². The lowest BCUT2D eigenvalue weighted by molar-refractivity contribution is 0.0524. The number of nitrogens with one attached hydrogen (secondary N) is 2. The SMILES string of the molecule is CC(C)C[C@@H](CNC(=O)OC(C)(C)C)Nc1nc(Cl)c(C#N)cc1F. The molecule has 0 spiro atoms. The molecule has 0 radical (unpaired) electrons. The van der Waals surface area contributed by atoms with Gasteiger partial charge in [0.25, 0.3) is 0 Å². The average molecular weight is 371 g/mol. The summed E-state index contributed by atoms with van der Waals surface area (Å²) in [5.74, 6) is -0.428. The zero-order valence-electron chi connectivity index (χ0n) is 15.1. The van der Waals surface area contributed by atoms with E-state index in [1.807, 2.05) is 13.8 Å². The first kappa shape index (κ1) is 21.0. The summed E-state index contributed by atoms with van der Waals surface area (Å²) in [6.07, 6.45) is 0.114. The second-order valence-corrected chi connectivity index (χ2v) is 7.48. The highest BCUT2D eigenvalue weighted by Crippen LogP contribution is 2.21. The summed E-state index contributed by atoms with van der Waals surface area (Å²) in [5, 5.41) is 14.4. The van der Waals surface area contributed by atoms with E-state index in [2.05, 4.69) is 15.6 Å². The predicted octanol–water partition coefficient (Wildman–Crippen LogP) is 4.10. The van der Waals surface area contributed by atoms with Crippen LogP contribution in [0.15, 0.2) is 6.07 Å². The normalized spacial score (nSPS) is 12.4. The van der Waals surface area contributed by atoms with Crippen molar-refractivity contribution in [3.05, 3.63) is 22.6 Å². The Hall–Kier alpha value is -2.07. The van der Waals surface area contributed by atoms with Crippen LogP contribution in [0.4, 0.5) is 15.0 Å². The number of alkyl carbamates (subject to hydrolysis) is 1. The standard InChI is InChI=1S/C17H24ClFN4O2/c1-10(2)6-12(9-21-16(24)25-17(3,4)5)22-15-13(19)7-11(8-20)14(18)23-15/h7,10,12H,6,9H2,1-5H3,(H,21,24)(H,22,23)/t12-/m0/s1. The summed E-state index contributed by atoms with van der Waals surface area (Å²) in [6.45, 7) is 9.57. The number of aromatic nitrogens is 1. The maximum absolute atomic E-state index is 14.1. The maximum Gasteiger partial charge on any atom is 0.407 e. The van der Waals surface area contributed by atoms with Crippen molar-refractivity contribution in [1.82, 2.24) is 10.3 Å². The highest BCUT2D eigenvalue weighted by molar-refractivity contribution is 6.30. The Labute approximate surface area is 152 Å². The zero-order chi connectivity index (χ0) is 19.2. The average Bonchev–Trinajstić information content (AvgIpc) is 2.45. The van der Waals surface area contributed by atoms with E-state index < -0.39 is 17.5 Å². The van der Waals surface area contributed by atoms with Gasteiger partial charge in [0.2, 0.25) is 0 Å². The van der Waals surface area contributed by atoms with Crippen LogP contribution in [0.25, 0.3) is 0 Å². The molecule has 0 aliphatic heterocycles. The molecule has 6 nitrogen and oxygen atoms in total. The van der Waals surface area contributed by atoms with Crippen molar-refractivity contribution in [3.8, 4) is 6.07 Å². The summed E-state index contributed by atoms with van der Waals surface area (Å²) < 4.78 is 19.3. The maximum atomic E-state index is 14.1. The number of anilines is 1. The molecule has 0 fully saturated rings. The van der Waals surface area contributed by atoms with Gasteiger partial charge >= 0.3 is 6.09 Å². The number of carbonyl (C=O) groups excluding carboxylic acids is 1. The van der Waals surface area contributed by atoms with Crippen LogP contribution in [0.3, 0.4) is 0 Å². The van der Waals surface area contributed by atoms with Crippen molar-refractivity contribution in [2.75, 3.05) is 11.9 Å². The van der Waals surface area contributed by atoms with E-state index in [1.165, 1.54) is 0 Å². The first-order valence-electron chi connectivity index (χ1n) is 8.01. The van der Waals surface area contributed by atoms with Crippen LogP contribution in [-0.2, 0) is 4.74 Å². The van der Waals surface area contributed by atoms with Gasteiger partial charge in [0.1, 0.15) is 16.8 Å². The molecule has 1 heterocycles. The number of nitriles is 1. The van der Waals surface area contributed by atoms with Gasteiger partial charge in [-0.1, -0.05) is 25.4 Å². The van der Waals surface area contributed by atoms with Crippen LogP contribution in [0.2, 0.25) is 5.15 Å². The van der Waals surface area contributed by atoms with Crippen molar-refractivity contribution >= 4 is 23.5 Å². The lowest BCUT2D eigenvalue weighted by atomic mass is 10.0. The Morgan fingerprint density at radius 3 is 2.64 bits per heavy atom. The molecule has 1 rings (SSSR count). The molecule has 1 aromatic heterocycles. The summed E-state index contributed by atoms with van der Waals surface area (Å²) >= 11 is 5.86. The molecule has 2 N–H and O–H groups in total. The number of nitrogens with zero attached hydrogens (tertiary/aromatic N) is 2. The molecule has 0 saturated heterocycles. The van der Waals surface area contributed by atoms with Gasteiger partial charge in [0.05, 0.1) is 5.56 Å². The number of amides is 1. The number of ether oxygens (including phenoxy) is 1. The highest BCUT2D eigenvalue weighted by Gasteiger charge is 2.20. The Kier molecular flexibility index (Phi) is 7.43. The second kappa shape index (κ2) is 8.86. The number of halogens is 2. The summed E-state index contributed by atoms with van der Waals surface area (Å²) in [5.41, 5.74) is -0.628. The van der Waals surface area contributed by atoms with Gasteiger partial charge in [-0.3, -0.25) is 0 Å². The third kappa shape index (κ3) is 7.57. The van der Waals surface area contributed by atoms with Gasteiger partial charge in [0.15, 0.2) is 11.6 Å². The van der Waals surface area contributed by atoms with Crippen molar-refractivity contribution in [2.24, 2.45) is 5.92 Å². The van der Waals surface area contributed by atoms with Gasteiger partial charge in [-0.2, -0.15) is 5.26 Å². The van der Waals surface area contributed by atoms with Crippen LogP contribution >= 0.6 is 11.6 Å². The molecular formula is C17H24ClFN4O2. The predicted molar refractivity (Wildman–Crippen MR) is 95.0 cm³/mol. The largest absolute Gasteiger partial charge is 0.444 e. The minimum absolute atomic E-state index is 0.0305. The third-order valence-corrected chi connectivity index (χ3v) is 3.33. The first-order chi connectivity index (χ1) is 11.5. The van der Waals surface area contributed by atoms with Crippen molar-refractivity contribution in [3.63, 3.8) is 0 Å². The molecule has 0 bridgehead atoms. The summed E-state index contributed by atoms with van der Waals surface area (Å²) in [4.78, 5) is 15.7. The first-order valence-corrected chi connectivity index (χ1v) is 8.39. The van der Waals surface area contributed by atoms with Crippen LogP contribution in [0.1, 0.15) is 46.6 Å². The minimum Gasteiger partial charge on any atom is -0.444 e. The Morgan fingerprint density at radius 1 is 1.48 bits per heavy atom. The molecule has 0 aliphatic carbocycles. The van der Waals surface area contributed by atoms with E-state index in [0.29, 0.717) is 12.3 Å². The van der Waals surface area contributed by atoms with Crippen LogP contribution < -0.4 is 10.6 Å². The molecular weight excluding hydrogens is 347 g/mol. The smallest absolute Gasteiger partial charge is 0.407 e. The van der Waals surface area contributed by atoms with E-state index in [0.717, 1.165) is 6.07 Å². The van der Waals surface area contributed by atoms with Crippen LogP contribution in [0.5, 0.6) is 0 Å². The van der Waals surface area contributed by atoms with Gasteiger partial charge in [0, 0.05) is 12.6 Å². The molecule has 8 heteroatoms. The molecule has 0 aromatic carbocycles. The Bertz CT molecular complexity index is 653.